The minimum absolute atomic E-state index is 0.0917. The normalized spacial score (nSPS) is 11.5. The number of esters is 1. The Morgan fingerprint density at radius 1 is 1.33 bits per heavy atom. The summed E-state index contributed by atoms with van der Waals surface area (Å²) in [7, 11) is 1.12. The molecule has 0 N–H and O–H groups in total. The number of aromatic nitrogens is 1. The molecule has 0 saturated heterocycles. The number of hydrogen-bond donors (Lipinski definition) is 0. The number of nitrogens with zero attached hydrogens (tertiary/aromatic N) is 1. The molecular formula is C12H6BrF4NO2S. The topological polar surface area (TPSA) is 39.2 Å². The molecule has 0 amide bonds. The van der Waals surface area contributed by atoms with Gasteiger partial charge in [-0.05, 0) is 39.7 Å². The van der Waals surface area contributed by atoms with E-state index >= 15 is 0 Å². The van der Waals surface area contributed by atoms with Gasteiger partial charge in [-0.1, -0.05) is 0 Å². The van der Waals surface area contributed by atoms with Gasteiger partial charge in [-0.15, -0.1) is 11.3 Å². The van der Waals surface area contributed by atoms with Gasteiger partial charge in [0.2, 0.25) is 0 Å². The van der Waals surface area contributed by atoms with Gasteiger partial charge in [-0.3, -0.25) is 0 Å². The predicted molar refractivity (Wildman–Crippen MR) is 71.5 cm³/mol. The van der Waals surface area contributed by atoms with Crippen molar-refractivity contribution in [2.75, 3.05) is 7.11 Å². The fourth-order valence-corrected chi connectivity index (χ4v) is 3.04. The maximum Gasteiger partial charge on any atom is 0.416 e. The molecule has 9 heteroatoms. The molecule has 1 aromatic heterocycles. The zero-order chi connectivity index (χ0) is 15.8. The Balaban J connectivity index is 2.62. The van der Waals surface area contributed by atoms with Gasteiger partial charge in [0.15, 0.2) is 9.61 Å². The molecule has 0 radical (unpaired) electrons. The second kappa shape index (κ2) is 5.72. The zero-order valence-corrected chi connectivity index (χ0v) is 12.7. The number of hydrogen-bond acceptors (Lipinski definition) is 4. The molecule has 0 aliphatic heterocycles. The predicted octanol–water partition coefficient (Wildman–Crippen LogP) is 4.52. The lowest BCUT2D eigenvalue weighted by atomic mass is 10.1. The Kier molecular flexibility index (Phi) is 4.33. The smallest absolute Gasteiger partial charge is 0.416 e. The molecule has 2 rings (SSSR count). The van der Waals surface area contributed by atoms with Gasteiger partial charge in [0.25, 0.3) is 0 Å². The summed E-state index contributed by atoms with van der Waals surface area (Å²) < 4.78 is 56.3. The number of methoxy groups -OCH3 is 1. The number of alkyl halides is 3. The average Bonchev–Trinajstić information content (AvgIpc) is 2.78. The summed E-state index contributed by atoms with van der Waals surface area (Å²) in [5.74, 6) is -1.87. The van der Waals surface area contributed by atoms with Gasteiger partial charge in [-0.25, -0.2) is 14.2 Å². The average molecular weight is 384 g/mol. The fraction of sp³-hybridized carbons (Fsp3) is 0.167. The molecule has 3 nitrogen and oxygen atoms in total. The van der Waals surface area contributed by atoms with Gasteiger partial charge >= 0.3 is 12.1 Å². The first-order valence-electron chi connectivity index (χ1n) is 5.35. The van der Waals surface area contributed by atoms with Gasteiger partial charge < -0.3 is 4.74 Å². The maximum atomic E-state index is 13.4. The van der Waals surface area contributed by atoms with Crippen LogP contribution in [0.4, 0.5) is 17.6 Å². The molecule has 0 atom stereocenters. The Bertz CT molecular complexity index is 699. The largest absolute Gasteiger partial charge is 0.464 e. The highest BCUT2D eigenvalue weighted by Gasteiger charge is 2.32. The van der Waals surface area contributed by atoms with Crippen LogP contribution in [0.3, 0.4) is 0 Å². The second-order valence-electron chi connectivity index (χ2n) is 3.86. The minimum atomic E-state index is -4.69. The van der Waals surface area contributed by atoms with Crippen LogP contribution in [0.25, 0.3) is 10.4 Å². The van der Waals surface area contributed by atoms with E-state index in [9.17, 15) is 22.4 Å². The third-order valence-electron chi connectivity index (χ3n) is 2.47. The SMILES string of the molecule is COC(=O)c1nc(Br)sc1-c1cc(F)cc(C(F)(F)F)c1. The summed E-state index contributed by atoms with van der Waals surface area (Å²) in [5, 5.41) is 0. The number of rotatable bonds is 2. The first-order valence-corrected chi connectivity index (χ1v) is 6.96. The number of carbonyl (C=O) groups is 1. The number of carbonyl (C=O) groups excluding carboxylic acids is 1. The number of ether oxygens (including phenoxy) is 1. The molecule has 0 fully saturated rings. The van der Waals surface area contributed by atoms with Crippen LogP contribution in [0.15, 0.2) is 22.1 Å². The molecule has 21 heavy (non-hydrogen) atoms. The van der Waals surface area contributed by atoms with E-state index < -0.39 is 23.5 Å². The molecular weight excluding hydrogens is 378 g/mol. The monoisotopic (exact) mass is 383 g/mol. The Hall–Kier alpha value is -1.48. The lowest BCUT2D eigenvalue weighted by Gasteiger charge is -2.09. The van der Waals surface area contributed by atoms with Gasteiger partial charge in [0.1, 0.15) is 5.82 Å². The lowest BCUT2D eigenvalue weighted by molar-refractivity contribution is -0.137. The number of thiazole rings is 1. The molecule has 0 bridgehead atoms. The first kappa shape index (κ1) is 15.9. The van der Waals surface area contributed by atoms with Crippen LogP contribution < -0.4 is 0 Å². The van der Waals surface area contributed by atoms with Crippen molar-refractivity contribution in [2.45, 2.75) is 6.18 Å². The van der Waals surface area contributed by atoms with Crippen molar-refractivity contribution >= 4 is 33.2 Å². The summed E-state index contributed by atoms with van der Waals surface area (Å²) >= 11 is 3.95. The Morgan fingerprint density at radius 3 is 2.57 bits per heavy atom. The first-order chi connectivity index (χ1) is 9.72. The van der Waals surface area contributed by atoms with Crippen molar-refractivity contribution in [1.29, 1.82) is 0 Å². The van der Waals surface area contributed by atoms with Crippen LogP contribution in [-0.4, -0.2) is 18.1 Å². The number of halogens is 5. The molecule has 0 saturated carbocycles. The summed E-state index contributed by atoms with van der Waals surface area (Å²) in [4.78, 5) is 15.5. The second-order valence-corrected chi connectivity index (χ2v) is 6.14. The standard InChI is InChI=1S/C12H6BrF4NO2S/c1-20-10(19)8-9(21-11(13)18-8)5-2-6(12(15,16)17)4-7(14)3-5/h2-4H,1H3. The van der Waals surface area contributed by atoms with Crippen molar-refractivity contribution in [3.63, 3.8) is 0 Å². The summed E-state index contributed by atoms with van der Waals surface area (Å²) in [6.07, 6.45) is -4.69. The highest BCUT2D eigenvalue weighted by atomic mass is 79.9. The zero-order valence-electron chi connectivity index (χ0n) is 10.3. The molecule has 0 aliphatic carbocycles. The molecule has 0 spiro atoms. The van der Waals surface area contributed by atoms with Crippen molar-refractivity contribution in [3.05, 3.63) is 39.2 Å². The maximum absolute atomic E-state index is 13.4. The molecule has 0 unspecified atom stereocenters. The third kappa shape index (κ3) is 3.41. The van der Waals surface area contributed by atoms with Crippen molar-refractivity contribution in [2.24, 2.45) is 0 Å². The quantitative estimate of drug-likeness (QED) is 0.565. The summed E-state index contributed by atoms with van der Waals surface area (Å²) in [6, 6.07) is 2.05. The lowest BCUT2D eigenvalue weighted by Crippen LogP contribution is -2.06. The van der Waals surface area contributed by atoms with Gasteiger partial charge in [0.05, 0.1) is 17.6 Å². The van der Waals surface area contributed by atoms with E-state index in [0.717, 1.165) is 30.6 Å². The van der Waals surface area contributed by atoms with Crippen LogP contribution in [0, 0.1) is 5.82 Å². The van der Waals surface area contributed by atoms with Crippen molar-refractivity contribution in [1.82, 2.24) is 4.98 Å². The number of benzene rings is 1. The minimum Gasteiger partial charge on any atom is -0.464 e. The van der Waals surface area contributed by atoms with E-state index in [1.165, 1.54) is 0 Å². The Labute approximate surface area is 128 Å². The van der Waals surface area contributed by atoms with E-state index in [4.69, 9.17) is 0 Å². The van der Waals surface area contributed by atoms with Gasteiger partial charge in [0, 0.05) is 0 Å². The Morgan fingerprint density at radius 2 is 2.00 bits per heavy atom. The van der Waals surface area contributed by atoms with E-state index in [0.29, 0.717) is 6.07 Å². The molecule has 1 aromatic carbocycles. The molecule has 112 valence electrons. The van der Waals surface area contributed by atoms with Crippen LogP contribution >= 0.6 is 27.3 Å². The van der Waals surface area contributed by atoms with Crippen molar-refractivity contribution in [3.8, 4) is 10.4 Å². The van der Waals surface area contributed by atoms with Crippen molar-refractivity contribution < 1.29 is 27.1 Å². The van der Waals surface area contributed by atoms with E-state index in [1.54, 1.807) is 0 Å². The highest BCUT2D eigenvalue weighted by Crippen LogP contribution is 2.37. The van der Waals surface area contributed by atoms with Crippen LogP contribution in [-0.2, 0) is 10.9 Å². The summed E-state index contributed by atoms with van der Waals surface area (Å²) in [6.45, 7) is 0. The molecule has 0 aliphatic rings. The van der Waals surface area contributed by atoms with Crippen LogP contribution in [0.2, 0.25) is 0 Å². The molecule has 2 aromatic rings. The van der Waals surface area contributed by atoms with Gasteiger partial charge in [-0.2, -0.15) is 13.2 Å². The summed E-state index contributed by atoms with van der Waals surface area (Å²) in [5.41, 5.74) is -1.41. The highest BCUT2D eigenvalue weighted by molar-refractivity contribution is 9.11. The fourth-order valence-electron chi connectivity index (χ4n) is 1.61. The van der Waals surface area contributed by atoms with Crippen LogP contribution in [0.1, 0.15) is 16.1 Å². The van der Waals surface area contributed by atoms with E-state index in [-0.39, 0.29) is 20.1 Å². The van der Waals surface area contributed by atoms with E-state index in [1.807, 2.05) is 0 Å². The molecule has 1 heterocycles. The van der Waals surface area contributed by atoms with Crippen LogP contribution in [0.5, 0.6) is 0 Å². The van der Waals surface area contributed by atoms with E-state index in [2.05, 4.69) is 25.7 Å². The third-order valence-corrected chi connectivity index (χ3v) is 4.02.